The molecular weight excluding hydrogens is 355 g/mol. The number of nitrogens with zero attached hydrogens (tertiary/aromatic N) is 2. The van der Waals surface area contributed by atoms with Crippen LogP contribution in [0.15, 0.2) is 41.8 Å². The highest BCUT2D eigenvalue weighted by atomic mass is 32.1. The van der Waals surface area contributed by atoms with Crippen molar-refractivity contribution in [3.63, 3.8) is 0 Å². The normalized spacial score (nSPS) is 23.0. The third-order valence-electron chi connectivity index (χ3n) is 4.94. The van der Waals surface area contributed by atoms with Crippen LogP contribution in [0.5, 0.6) is 0 Å². The maximum absolute atomic E-state index is 13.5. The van der Waals surface area contributed by atoms with Gasteiger partial charge in [-0.25, -0.2) is 4.39 Å². The zero-order chi connectivity index (χ0) is 18.1. The second kappa shape index (κ2) is 6.81. The number of carbonyl (C=O) groups is 2. The highest BCUT2D eigenvalue weighted by molar-refractivity contribution is 7.10. The van der Waals surface area contributed by atoms with E-state index in [-0.39, 0.29) is 24.2 Å². The molecule has 1 aromatic carbocycles. The standard InChI is InChI=1S/C19H19FN2O3S/c20-14-3-1-4-15(9-14)22-13-19(25-11-18(22)24)6-7-21(12-19)17(23)10-16-5-2-8-26-16/h1-5,8-9H,6-7,10-13H2. The van der Waals surface area contributed by atoms with Gasteiger partial charge in [-0.05, 0) is 36.1 Å². The average Bonchev–Trinajstić information content (AvgIpc) is 3.28. The van der Waals surface area contributed by atoms with Gasteiger partial charge in [0.1, 0.15) is 18.0 Å². The van der Waals surface area contributed by atoms with Crippen LogP contribution in [0.1, 0.15) is 11.3 Å². The van der Waals surface area contributed by atoms with Gasteiger partial charge in [-0.2, -0.15) is 0 Å². The molecule has 5 nitrogen and oxygen atoms in total. The molecule has 2 fully saturated rings. The first-order valence-corrected chi connectivity index (χ1v) is 9.43. The summed E-state index contributed by atoms with van der Waals surface area (Å²) >= 11 is 1.57. The van der Waals surface area contributed by atoms with E-state index in [4.69, 9.17) is 4.74 Å². The predicted molar refractivity (Wildman–Crippen MR) is 96.7 cm³/mol. The lowest BCUT2D eigenvalue weighted by atomic mass is 10.00. The minimum atomic E-state index is -0.578. The van der Waals surface area contributed by atoms with Crippen molar-refractivity contribution in [2.45, 2.75) is 18.4 Å². The van der Waals surface area contributed by atoms with Crippen molar-refractivity contribution in [2.24, 2.45) is 0 Å². The van der Waals surface area contributed by atoms with Crippen molar-refractivity contribution < 1.29 is 18.7 Å². The van der Waals surface area contributed by atoms with Gasteiger partial charge in [0, 0.05) is 17.1 Å². The van der Waals surface area contributed by atoms with Gasteiger partial charge >= 0.3 is 0 Å². The lowest BCUT2D eigenvalue weighted by molar-refractivity contribution is -0.139. The molecule has 1 aromatic heterocycles. The molecule has 4 rings (SSSR count). The van der Waals surface area contributed by atoms with Crippen LogP contribution in [0.4, 0.5) is 10.1 Å². The third-order valence-corrected chi connectivity index (χ3v) is 5.82. The number of carbonyl (C=O) groups excluding carboxylic acids is 2. The van der Waals surface area contributed by atoms with E-state index < -0.39 is 5.60 Å². The maximum Gasteiger partial charge on any atom is 0.253 e. The maximum atomic E-state index is 13.5. The van der Waals surface area contributed by atoms with E-state index in [0.717, 1.165) is 4.88 Å². The Morgan fingerprint density at radius 3 is 2.92 bits per heavy atom. The average molecular weight is 374 g/mol. The Kier molecular flexibility index (Phi) is 4.50. The quantitative estimate of drug-likeness (QED) is 0.829. The van der Waals surface area contributed by atoms with Gasteiger partial charge in [-0.3, -0.25) is 9.59 Å². The van der Waals surface area contributed by atoms with Gasteiger partial charge in [-0.1, -0.05) is 12.1 Å². The van der Waals surface area contributed by atoms with Gasteiger partial charge in [0.05, 0.1) is 19.5 Å². The summed E-state index contributed by atoms with van der Waals surface area (Å²) in [7, 11) is 0. The summed E-state index contributed by atoms with van der Waals surface area (Å²) < 4.78 is 19.4. The zero-order valence-corrected chi connectivity index (χ0v) is 15.0. The van der Waals surface area contributed by atoms with Gasteiger partial charge in [0.25, 0.3) is 5.91 Å². The van der Waals surface area contributed by atoms with E-state index >= 15 is 0 Å². The Labute approximate surface area is 155 Å². The van der Waals surface area contributed by atoms with Gasteiger partial charge in [0.15, 0.2) is 0 Å². The number of hydrogen-bond donors (Lipinski definition) is 0. The van der Waals surface area contributed by atoms with Crippen LogP contribution in [0, 0.1) is 5.82 Å². The number of anilines is 1. The molecule has 2 saturated heterocycles. The topological polar surface area (TPSA) is 49.9 Å². The van der Waals surface area contributed by atoms with E-state index in [1.54, 1.807) is 33.3 Å². The van der Waals surface area contributed by atoms with E-state index in [1.807, 2.05) is 17.5 Å². The Morgan fingerprint density at radius 1 is 1.27 bits per heavy atom. The molecule has 26 heavy (non-hydrogen) atoms. The van der Waals surface area contributed by atoms with Crippen molar-refractivity contribution >= 4 is 28.8 Å². The molecule has 3 heterocycles. The van der Waals surface area contributed by atoms with Crippen LogP contribution >= 0.6 is 11.3 Å². The third kappa shape index (κ3) is 3.37. The zero-order valence-electron chi connectivity index (χ0n) is 14.2. The first kappa shape index (κ1) is 17.2. The molecule has 2 aromatic rings. The molecule has 2 amide bonds. The fourth-order valence-electron chi connectivity index (χ4n) is 3.57. The minimum Gasteiger partial charge on any atom is -0.361 e. The monoisotopic (exact) mass is 374 g/mol. The second-order valence-corrected chi connectivity index (χ2v) is 7.79. The molecule has 0 N–H and O–H groups in total. The molecule has 1 atom stereocenters. The number of benzene rings is 1. The molecule has 0 saturated carbocycles. The summed E-state index contributed by atoms with van der Waals surface area (Å²) in [5.41, 5.74) is -0.0493. The van der Waals surface area contributed by atoms with Crippen LogP contribution in [0.2, 0.25) is 0 Å². The Morgan fingerprint density at radius 2 is 2.15 bits per heavy atom. The fourth-order valence-corrected chi connectivity index (χ4v) is 4.27. The molecule has 2 aliphatic heterocycles. The van der Waals surface area contributed by atoms with Gasteiger partial charge < -0.3 is 14.5 Å². The predicted octanol–water partition coefficient (Wildman–Crippen LogP) is 2.46. The summed E-state index contributed by atoms with van der Waals surface area (Å²) in [6, 6.07) is 9.90. The van der Waals surface area contributed by atoms with Crippen LogP contribution < -0.4 is 4.90 Å². The van der Waals surface area contributed by atoms with Gasteiger partial charge in [0.2, 0.25) is 5.91 Å². The lowest BCUT2D eigenvalue weighted by Crippen LogP contribution is -2.56. The highest BCUT2D eigenvalue weighted by Gasteiger charge is 2.46. The summed E-state index contributed by atoms with van der Waals surface area (Å²) in [4.78, 5) is 29.2. The molecule has 7 heteroatoms. The summed E-state index contributed by atoms with van der Waals surface area (Å²) in [6.45, 7) is 1.34. The fraction of sp³-hybridized carbons (Fsp3) is 0.368. The number of amides is 2. The highest BCUT2D eigenvalue weighted by Crippen LogP contribution is 2.32. The van der Waals surface area contributed by atoms with Crippen LogP contribution in [0.25, 0.3) is 0 Å². The molecule has 0 radical (unpaired) electrons. The largest absolute Gasteiger partial charge is 0.361 e. The number of thiophene rings is 1. The number of morpholine rings is 1. The Bertz CT molecular complexity index is 826. The molecule has 0 aliphatic carbocycles. The van der Waals surface area contributed by atoms with Crippen molar-refractivity contribution in [1.29, 1.82) is 0 Å². The molecular formula is C19H19FN2O3S. The molecule has 1 unspecified atom stereocenters. The lowest BCUT2D eigenvalue weighted by Gasteiger charge is -2.40. The number of halogens is 1. The van der Waals surface area contributed by atoms with E-state index in [1.165, 1.54) is 12.1 Å². The number of hydrogen-bond acceptors (Lipinski definition) is 4. The van der Waals surface area contributed by atoms with Crippen LogP contribution in [-0.4, -0.2) is 48.6 Å². The van der Waals surface area contributed by atoms with Crippen molar-refractivity contribution in [1.82, 2.24) is 4.90 Å². The van der Waals surface area contributed by atoms with E-state index in [2.05, 4.69) is 0 Å². The molecule has 2 aliphatic rings. The Balaban J connectivity index is 1.47. The summed E-state index contributed by atoms with van der Waals surface area (Å²) in [6.07, 6.45) is 1.06. The van der Waals surface area contributed by atoms with E-state index in [9.17, 15) is 14.0 Å². The van der Waals surface area contributed by atoms with Crippen molar-refractivity contribution in [3.8, 4) is 0 Å². The number of rotatable bonds is 3. The SMILES string of the molecule is O=C(Cc1cccs1)N1CCC2(C1)CN(c1cccc(F)c1)C(=O)CO2. The summed E-state index contributed by atoms with van der Waals surface area (Å²) in [5.74, 6) is -0.498. The van der Waals surface area contributed by atoms with Gasteiger partial charge in [-0.15, -0.1) is 11.3 Å². The van der Waals surface area contributed by atoms with E-state index in [0.29, 0.717) is 38.2 Å². The first-order chi connectivity index (χ1) is 12.5. The van der Waals surface area contributed by atoms with Crippen LogP contribution in [0.3, 0.4) is 0 Å². The minimum absolute atomic E-state index is 0.0521. The number of likely N-dealkylation sites (tertiary alicyclic amines) is 1. The second-order valence-electron chi connectivity index (χ2n) is 6.75. The van der Waals surface area contributed by atoms with Crippen molar-refractivity contribution in [3.05, 3.63) is 52.5 Å². The first-order valence-electron chi connectivity index (χ1n) is 8.55. The number of ether oxygens (including phenoxy) is 1. The molecule has 136 valence electrons. The van der Waals surface area contributed by atoms with Crippen molar-refractivity contribution in [2.75, 3.05) is 31.1 Å². The smallest absolute Gasteiger partial charge is 0.253 e. The molecule has 0 bridgehead atoms. The molecule has 1 spiro atoms. The Hall–Kier alpha value is -2.25. The van der Waals surface area contributed by atoms with Crippen LogP contribution in [-0.2, 0) is 20.7 Å². The summed E-state index contributed by atoms with van der Waals surface area (Å²) in [5, 5.41) is 1.96.